The van der Waals surface area contributed by atoms with E-state index in [1.54, 1.807) is 0 Å². The quantitative estimate of drug-likeness (QED) is 0.135. The van der Waals surface area contributed by atoms with Crippen LogP contribution in [0.3, 0.4) is 0 Å². The second-order valence-corrected chi connectivity index (χ2v) is 29.9. The minimum absolute atomic E-state index is 1.16. The van der Waals surface area contributed by atoms with Gasteiger partial charge < -0.3 is 18.3 Å². The molecule has 4 nitrogen and oxygen atoms in total. The number of fused-ring (bicyclic) bond motifs is 20. The number of para-hydroxylation sites is 6. The summed E-state index contributed by atoms with van der Waals surface area (Å²) >= 11 is 0. The fourth-order valence-corrected chi connectivity index (χ4v) is 18.5. The zero-order chi connectivity index (χ0) is 73.5. The highest BCUT2D eigenvalue weighted by atomic mass is 15.0. The summed E-state index contributed by atoms with van der Waals surface area (Å²) in [4.78, 5) is 0. The normalized spacial score (nSPS) is 11.9. The van der Waals surface area contributed by atoms with Crippen molar-refractivity contribution < 1.29 is 0 Å². The van der Waals surface area contributed by atoms with E-state index in [0.717, 1.165) is 5.69 Å². The highest BCUT2D eigenvalue weighted by Gasteiger charge is 2.22. The molecule has 0 unspecified atom stereocenters. The third kappa shape index (κ3) is 10.1. The lowest BCUT2D eigenvalue weighted by Gasteiger charge is -2.15. The number of nitrogens with zero attached hydrogens (tertiary/aromatic N) is 4. The van der Waals surface area contributed by atoms with E-state index in [9.17, 15) is 0 Å². The Kier molecular flexibility index (Phi) is 14.3. The largest absolute Gasteiger partial charge is 0.309 e. The molecule has 20 aromatic carbocycles. The van der Waals surface area contributed by atoms with Gasteiger partial charge in [-0.1, -0.05) is 279 Å². The fourth-order valence-electron chi connectivity index (χ4n) is 18.5. The number of benzene rings is 20. The number of aromatic nitrogens is 4. The van der Waals surface area contributed by atoms with Crippen molar-refractivity contribution in [1.82, 2.24) is 18.3 Å². The van der Waals surface area contributed by atoms with Gasteiger partial charge in [0.2, 0.25) is 0 Å². The first-order valence-electron chi connectivity index (χ1n) is 38.7. The van der Waals surface area contributed by atoms with Gasteiger partial charge in [-0.15, -0.1) is 0 Å². The second kappa shape index (κ2) is 25.4. The van der Waals surface area contributed by atoms with Crippen LogP contribution >= 0.6 is 0 Å². The lowest BCUT2D eigenvalue weighted by Crippen LogP contribution is -1.96. The highest BCUT2D eigenvalue weighted by molar-refractivity contribution is 6.18. The molecule has 0 aliphatic carbocycles. The minimum Gasteiger partial charge on any atom is -0.309 e. The predicted molar refractivity (Wildman–Crippen MR) is 477 cm³/mol. The van der Waals surface area contributed by atoms with Gasteiger partial charge in [-0.05, 0) is 237 Å². The maximum Gasteiger partial charge on any atom is 0.0541 e. The van der Waals surface area contributed by atoms with Crippen LogP contribution in [0.2, 0.25) is 0 Å². The Morgan fingerprint density at radius 3 is 0.902 bits per heavy atom. The molecule has 24 rings (SSSR count). The van der Waals surface area contributed by atoms with E-state index in [-0.39, 0.29) is 0 Å². The Balaban J connectivity index is 0.000000134. The van der Waals surface area contributed by atoms with Crippen molar-refractivity contribution in [2.24, 2.45) is 0 Å². The van der Waals surface area contributed by atoms with Crippen LogP contribution in [0.4, 0.5) is 0 Å². The molecule has 4 aromatic heterocycles. The molecule has 4 heteroatoms. The van der Waals surface area contributed by atoms with E-state index in [0.29, 0.717) is 0 Å². The van der Waals surface area contributed by atoms with Crippen LogP contribution in [0.1, 0.15) is 0 Å². The average molecular weight is 1420 g/mol. The third-order valence-corrected chi connectivity index (χ3v) is 23.7. The molecule has 0 spiro atoms. The van der Waals surface area contributed by atoms with Crippen LogP contribution in [-0.2, 0) is 0 Å². The zero-order valence-electron chi connectivity index (χ0n) is 61.0. The Morgan fingerprint density at radius 1 is 0.125 bits per heavy atom. The SMILES string of the molecule is c1ccc(-n2c3ccccc3c3cc(-c4ccc5c(c4)c4ccccc4n5-c4ccc(-c5ccc6c(ccc7ccccc76)c5)c5ccccc45)ccc32)cc1.c1ccc(-n2c3ccccc3c3cc(-c4ccc5c(c4)c4ccccc4n5-c4ccc5cc(-c6ccc7c(ccc8ccccc87)c6)ccc5c4)ccc32)cc1. The molecule has 24 aromatic rings. The summed E-state index contributed by atoms with van der Waals surface area (Å²) in [7, 11) is 0. The standard InChI is InChI=1S/2C54H34N2/c1-2-11-43(12-3-1)55-51-16-8-6-14-47(51)49-33-40(24-28-53(49)55)41-25-29-54-50(34-41)48-15-7-9-17-52(48)56(54)44-26-22-37-30-36(19-20-39(37)32-44)38-23-27-46-42(31-38)21-18-35-10-4-5-13-45(35)46;1-2-13-40(14-3-1)55-50-20-10-8-18-46(50)48-33-36(25-29-53(48)55)37-26-30-54-49(34-37)47-19-9-11-21-51(47)56(54)52-31-28-43(44-16-6-7-17-45(44)52)39-24-27-42-38(32-39)23-22-35-12-4-5-15-41(35)42/h2*1-34H. The summed E-state index contributed by atoms with van der Waals surface area (Å²) < 4.78 is 9.64. The monoisotopic (exact) mass is 1420 g/mol. The summed E-state index contributed by atoms with van der Waals surface area (Å²) in [6.07, 6.45) is 0. The Morgan fingerprint density at radius 2 is 0.420 bits per heavy atom. The van der Waals surface area contributed by atoms with Gasteiger partial charge in [-0.3, -0.25) is 0 Å². The van der Waals surface area contributed by atoms with E-state index in [4.69, 9.17) is 0 Å². The maximum absolute atomic E-state index is 2.46. The van der Waals surface area contributed by atoms with Crippen molar-refractivity contribution in [1.29, 1.82) is 0 Å². The first kappa shape index (κ1) is 63.3. The first-order valence-corrected chi connectivity index (χ1v) is 38.7. The van der Waals surface area contributed by atoms with Crippen LogP contribution in [0.15, 0.2) is 413 Å². The van der Waals surface area contributed by atoms with Crippen molar-refractivity contribution in [2.45, 2.75) is 0 Å². The summed E-state index contributed by atoms with van der Waals surface area (Å²) in [6.45, 7) is 0. The molecule has 0 atom stereocenters. The first-order chi connectivity index (χ1) is 55.5. The lowest BCUT2D eigenvalue weighted by atomic mass is 9.94. The van der Waals surface area contributed by atoms with Gasteiger partial charge in [0.15, 0.2) is 0 Å². The molecule has 0 bridgehead atoms. The van der Waals surface area contributed by atoms with E-state index in [1.165, 1.54) is 213 Å². The van der Waals surface area contributed by atoms with E-state index < -0.39 is 0 Å². The lowest BCUT2D eigenvalue weighted by molar-refractivity contribution is 1.18. The molecule has 520 valence electrons. The molecule has 0 saturated heterocycles. The van der Waals surface area contributed by atoms with Crippen molar-refractivity contribution in [2.75, 3.05) is 0 Å². The fraction of sp³-hybridized carbons (Fsp3) is 0. The topological polar surface area (TPSA) is 19.7 Å². The minimum atomic E-state index is 1.16. The molecular formula is C108H68N4. The van der Waals surface area contributed by atoms with Crippen LogP contribution in [0.5, 0.6) is 0 Å². The molecule has 0 fully saturated rings. The van der Waals surface area contributed by atoms with E-state index in [2.05, 4.69) is 431 Å². The van der Waals surface area contributed by atoms with Crippen LogP contribution in [-0.4, -0.2) is 18.3 Å². The molecule has 0 amide bonds. The van der Waals surface area contributed by atoms with E-state index in [1.807, 2.05) is 0 Å². The second-order valence-electron chi connectivity index (χ2n) is 29.9. The Hall–Kier alpha value is -14.8. The Labute approximate surface area is 645 Å². The number of hydrogen-bond acceptors (Lipinski definition) is 0. The molecule has 0 saturated carbocycles. The highest BCUT2D eigenvalue weighted by Crippen LogP contribution is 2.45. The van der Waals surface area contributed by atoms with Crippen LogP contribution < -0.4 is 0 Å². The van der Waals surface area contributed by atoms with Crippen molar-refractivity contribution in [3.63, 3.8) is 0 Å². The summed E-state index contributed by atoms with van der Waals surface area (Å²) in [6, 6.07) is 152. The van der Waals surface area contributed by atoms with Gasteiger partial charge in [-0.2, -0.15) is 0 Å². The molecule has 0 N–H and O–H groups in total. The third-order valence-electron chi connectivity index (χ3n) is 23.7. The zero-order valence-corrected chi connectivity index (χ0v) is 61.0. The van der Waals surface area contributed by atoms with Gasteiger partial charge in [0.05, 0.1) is 49.8 Å². The predicted octanol–water partition coefficient (Wildman–Crippen LogP) is 29.3. The van der Waals surface area contributed by atoms with Crippen LogP contribution in [0.25, 0.3) is 219 Å². The Bertz CT molecular complexity index is 8000. The molecule has 4 heterocycles. The van der Waals surface area contributed by atoms with Gasteiger partial charge in [0, 0.05) is 65.5 Å². The summed E-state index contributed by atoms with van der Waals surface area (Å²) in [5, 5.41) is 25.2. The molecule has 0 radical (unpaired) electrons. The van der Waals surface area contributed by atoms with Gasteiger partial charge in [0.25, 0.3) is 0 Å². The average Bonchev–Trinajstić information content (AvgIpc) is 1.65. The number of rotatable bonds is 8. The molecule has 0 aliphatic rings. The smallest absolute Gasteiger partial charge is 0.0541 e. The van der Waals surface area contributed by atoms with Gasteiger partial charge in [-0.25, -0.2) is 0 Å². The molecular weight excluding hydrogens is 1350 g/mol. The summed E-state index contributed by atoms with van der Waals surface area (Å²) in [5.74, 6) is 0. The summed E-state index contributed by atoms with van der Waals surface area (Å²) in [5.41, 5.74) is 24.2. The van der Waals surface area contributed by atoms with Crippen LogP contribution in [0, 0.1) is 0 Å². The van der Waals surface area contributed by atoms with Crippen molar-refractivity contribution >= 4 is 152 Å². The molecule has 0 aliphatic heterocycles. The number of hydrogen-bond donors (Lipinski definition) is 0. The van der Waals surface area contributed by atoms with Gasteiger partial charge >= 0.3 is 0 Å². The van der Waals surface area contributed by atoms with E-state index >= 15 is 0 Å². The van der Waals surface area contributed by atoms with Gasteiger partial charge in [0.1, 0.15) is 0 Å². The van der Waals surface area contributed by atoms with Crippen molar-refractivity contribution in [3.8, 4) is 67.3 Å². The van der Waals surface area contributed by atoms with Crippen molar-refractivity contribution in [3.05, 3.63) is 413 Å². The molecule has 112 heavy (non-hydrogen) atoms. The maximum atomic E-state index is 2.46.